The highest BCUT2D eigenvalue weighted by Crippen LogP contribution is 2.29. The van der Waals surface area contributed by atoms with E-state index in [1.165, 1.54) is 43.6 Å². The van der Waals surface area contributed by atoms with Crippen LogP contribution in [0.1, 0.15) is 19.3 Å². The number of allylic oxidation sites excluding steroid dienone is 9. The van der Waals surface area contributed by atoms with Crippen molar-refractivity contribution in [1.29, 1.82) is 0 Å². The Hall–Kier alpha value is -1.76. The highest BCUT2D eigenvalue weighted by atomic mass is 15.1. The second-order valence-electron chi connectivity index (χ2n) is 5.78. The van der Waals surface area contributed by atoms with Gasteiger partial charge in [-0.1, -0.05) is 55.2 Å². The molecule has 0 aromatic rings. The molecule has 104 valence electrons. The first-order valence-corrected chi connectivity index (χ1v) is 7.70. The molecular formula is C19H23N. The molecular weight excluding hydrogens is 242 g/mol. The molecule has 0 saturated carbocycles. The Bertz CT molecular complexity index is 486. The molecule has 1 heterocycles. The molecule has 0 unspecified atom stereocenters. The first-order valence-electron chi connectivity index (χ1n) is 7.70. The minimum Gasteiger partial charge on any atom is -0.374 e. The fourth-order valence-electron chi connectivity index (χ4n) is 3.14. The van der Waals surface area contributed by atoms with E-state index in [1.54, 1.807) is 0 Å². The van der Waals surface area contributed by atoms with Crippen molar-refractivity contribution in [3.63, 3.8) is 0 Å². The average molecular weight is 265 g/mol. The summed E-state index contributed by atoms with van der Waals surface area (Å²) in [6, 6.07) is 0. The number of likely N-dealkylation sites (tertiary alicyclic amines) is 1. The lowest BCUT2D eigenvalue weighted by Gasteiger charge is -2.33. The van der Waals surface area contributed by atoms with Crippen molar-refractivity contribution in [2.45, 2.75) is 19.3 Å². The molecule has 0 aromatic carbocycles. The summed E-state index contributed by atoms with van der Waals surface area (Å²) in [6.07, 6.45) is 23.8. The summed E-state index contributed by atoms with van der Waals surface area (Å²) in [7, 11) is 0. The van der Waals surface area contributed by atoms with E-state index >= 15 is 0 Å². The maximum absolute atomic E-state index is 4.29. The van der Waals surface area contributed by atoms with E-state index in [0.29, 0.717) is 11.8 Å². The van der Waals surface area contributed by atoms with Crippen molar-refractivity contribution >= 4 is 0 Å². The van der Waals surface area contributed by atoms with Crippen LogP contribution >= 0.6 is 0 Å². The lowest BCUT2D eigenvalue weighted by Crippen LogP contribution is -2.31. The van der Waals surface area contributed by atoms with Gasteiger partial charge in [0.05, 0.1) is 0 Å². The van der Waals surface area contributed by atoms with Gasteiger partial charge in [-0.25, -0.2) is 0 Å². The molecule has 3 aliphatic rings. The first kappa shape index (κ1) is 13.2. The summed E-state index contributed by atoms with van der Waals surface area (Å²) in [5, 5.41) is 0. The zero-order valence-electron chi connectivity index (χ0n) is 12.0. The summed E-state index contributed by atoms with van der Waals surface area (Å²) in [4.78, 5) is 2.56. The van der Waals surface area contributed by atoms with Gasteiger partial charge >= 0.3 is 0 Å². The zero-order chi connectivity index (χ0) is 13.8. The van der Waals surface area contributed by atoms with E-state index in [-0.39, 0.29) is 0 Å². The van der Waals surface area contributed by atoms with Crippen LogP contribution in [0.5, 0.6) is 0 Å². The van der Waals surface area contributed by atoms with E-state index in [4.69, 9.17) is 0 Å². The molecule has 1 aliphatic heterocycles. The number of rotatable bonds is 4. The fraction of sp³-hybridized carbons (Fsp3) is 0.368. The van der Waals surface area contributed by atoms with Crippen LogP contribution in [0.4, 0.5) is 0 Å². The lowest BCUT2D eigenvalue weighted by molar-refractivity contribution is 0.272. The van der Waals surface area contributed by atoms with E-state index < -0.39 is 0 Å². The predicted octanol–water partition coefficient (Wildman–Crippen LogP) is 4.40. The molecule has 3 rings (SSSR count). The molecule has 0 spiro atoms. The molecule has 0 amide bonds. The van der Waals surface area contributed by atoms with E-state index in [9.17, 15) is 0 Å². The van der Waals surface area contributed by atoms with Crippen molar-refractivity contribution in [1.82, 2.24) is 4.90 Å². The standard InChI is InChI=1S/C19H23N/c1-16(17-9-3-4-10-17)15-19(18-11-5-6-12-18)20-13-7-2-8-14-20/h3-6,9-12,15,17-18H,1-2,7-8,13-14H2/b19-15+. The van der Waals surface area contributed by atoms with E-state index in [0.717, 1.165) is 0 Å². The van der Waals surface area contributed by atoms with Gasteiger partial charge < -0.3 is 4.90 Å². The molecule has 0 radical (unpaired) electrons. The molecule has 1 heteroatoms. The van der Waals surface area contributed by atoms with E-state index in [2.05, 4.69) is 66.2 Å². The van der Waals surface area contributed by atoms with Crippen LogP contribution in [-0.2, 0) is 0 Å². The average Bonchev–Trinajstić information content (AvgIpc) is 3.18. The Labute approximate surface area is 122 Å². The van der Waals surface area contributed by atoms with Gasteiger partial charge in [0.15, 0.2) is 0 Å². The molecule has 0 bridgehead atoms. The quantitative estimate of drug-likeness (QED) is 0.681. The predicted molar refractivity (Wildman–Crippen MR) is 86.2 cm³/mol. The third-order valence-electron chi connectivity index (χ3n) is 4.32. The van der Waals surface area contributed by atoms with Crippen molar-refractivity contribution in [3.8, 4) is 0 Å². The number of hydrogen-bond donors (Lipinski definition) is 0. The van der Waals surface area contributed by atoms with Gasteiger partial charge in [0, 0.05) is 30.6 Å². The maximum atomic E-state index is 4.29. The van der Waals surface area contributed by atoms with Crippen LogP contribution in [0.15, 0.2) is 72.5 Å². The normalized spacial score (nSPS) is 23.2. The lowest BCUT2D eigenvalue weighted by atomic mass is 9.96. The third-order valence-corrected chi connectivity index (χ3v) is 4.32. The number of nitrogens with zero attached hydrogens (tertiary/aromatic N) is 1. The Morgan fingerprint density at radius 2 is 1.40 bits per heavy atom. The summed E-state index contributed by atoms with van der Waals surface area (Å²) < 4.78 is 0. The Morgan fingerprint density at radius 1 is 0.850 bits per heavy atom. The highest BCUT2D eigenvalue weighted by molar-refractivity contribution is 5.38. The summed E-state index contributed by atoms with van der Waals surface area (Å²) in [5.74, 6) is 0.809. The van der Waals surface area contributed by atoms with Crippen LogP contribution in [0.3, 0.4) is 0 Å². The van der Waals surface area contributed by atoms with Crippen molar-refractivity contribution in [2.75, 3.05) is 13.1 Å². The Kier molecular flexibility index (Phi) is 4.05. The summed E-state index contributed by atoms with van der Waals surface area (Å²) in [6.45, 7) is 6.67. The second kappa shape index (κ2) is 6.13. The van der Waals surface area contributed by atoms with Crippen LogP contribution in [0, 0.1) is 11.8 Å². The minimum atomic E-state index is 0.379. The highest BCUT2D eigenvalue weighted by Gasteiger charge is 2.20. The van der Waals surface area contributed by atoms with Gasteiger partial charge in [0.1, 0.15) is 0 Å². The van der Waals surface area contributed by atoms with Crippen molar-refractivity contribution in [3.05, 3.63) is 72.5 Å². The van der Waals surface area contributed by atoms with Crippen LogP contribution < -0.4 is 0 Å². The topological polar surface area (TPSA) is 3.24 Å². The van der Waals surface area contributed by atoms with Gasteiger partial charge in [-0.05, 0) is 30.9 Å². The molecule has 0 N–H and O–H groups in total. The Morgan fingerprint density at radius 3 is 2.00 bits per heavy atom. The fourth-order valence-corrected chi connectivity index (χ4v) is 3.14. The largest absolute Gasteiger partial charge is 0.374 e. The summed E-state index contributed by atoms with van der Waals surface area (Å²) in [5.41, 5.74) is 2.62. The smallest absolute Gasteiger partial charge is 0.0355 e. The first-order chi connectivity index (χ1) is 9.84. The molecule has 0 aromatic heterocycles. The van der Waals surface area contributed by atoms with Crippen LogP contribution in [0.2, 0.25) is 0 Å². The molecule has 20 heavy (non-hydrogen) atoms. The Balaban J connectivity index is 1.82. The van der Waals surface area contributed by atoms with Gasteiger partial charge in [-0.15, -0.1) is 0 Å². The van der Waals surface area contributed by atoms with Crippen molar-refractivity contribution < 1.29 is 0 Å². The zero-order valence-corrected chi connectivity index (χ0v) is 12.0. The molecule has 1 fully saturated rings. The van der Waals surface area contributed by atoms with Crippen LogP contribution in [0.25, 0.3) is 0 Å². The van der Waals surface area contributed by atoms with Crippen LogP contribution in [-0.4, -0.2) is 18.0 Å². The minimum absolute atomic E-state index is 0.379. The molecule has 0 atom stereocenters. The SMILES string of the molecule is C=C(/C=C(\C1C=CC=C1)N1CCCCC1)C1C=CC=C1. The van der Waals surface area contributed by atoms with E-state index in [1.807, 2.05) is 0 Å². The molecule has 1 saturated heterocycles. The van der Waals surface area contributed by atoms with Crippen molar-refractivity contribution in [2.24, 2.45) is 11.8 Å². The maximum Gasteiger partial charge on any atom is 0.0355 e. The second-order valence-corrected chi connectivity index (χ2v) is 5.78. The third kappa shape index (κ3) is 2.87. The van der Waals surface area contributed by atoms with Gasteiger partial charge in [-0.2, -0.15) is 0 Å². The molecule has 1 nitrogen and oxygen atoms in total. The van der Waals surface area contributed by atoms with Gasteiger partial charge in [0.25, 0.3) is 0 Å². The molecule has 2 aliphatic carbocycles. The monoisotopic (exact) mass is 265 g/mol. The summed E-state index contributed by atoms with van der Waals surface area (Å²) >= 11 is 0. The van der Waals surface area contributed by atoms with Gasteiger partial charge in [-0.3, -0.25) is 0 Å². The number of piperidine rings is 1. The number of hydrogen-bond acceptors (Lipinski definition) is 1. The van der Waals surface area contributed by atoms with Gasteiger partial charge in [0.2, 0.25) is 0 Å².